The fraction of sp³-hybridized carbons (Fsp3) is 0.471. The van der Waals surface area contributed by atoms with Crippen molar-refractivity contribution in [3.63, 3.8) is 0 Å². The van der Waals surface area contributed by atoms with E-state index in [4.69, 9.17) is 10.5 Å². The molecule has 5 rings (SSSR count). The predicted molar refractivity (Wildman–Crippen MR) is 180 cm³/mol. The SMILES string of the molecule is C[C@H](NC(=O)[C@@H]1COCc2cnnn2CCCCC(=O)NCC(=O)N2CCC[C@H]2C(=O)N[C@@H](Cc2cccc3ccccc23)C(=O)N1)C(N)=O. The number of hydrogen-bond acceptors (Lipinski definition) is 9. The lowest BCUT2D eigenvalue weighted by Crippen LogP contribution is -2.59. The van der Waals surface area contributed by atoms with Gasteiger partial charge >= 0.3 is 0 Å². The first kappa shape index (κ1) is 35.9. The van der Waals surface area contributed by atoms with Crippen LogP contribution in [0.1, 0.15) is 50.3 Å². The number of fused-ring (bicyclic) bond motifs is 3. The van der Waals surface area contributed by atoms with Gasteiger partial charge < -0.3 is 36.6 Å². The van der Waals surface area contributed by atoms with E-state index < -0.39 is 53.7 Å². The number of nitrogens with one attached hydrogen (secondary N) is 4. The zero-order valence-corrected chi connectivity index (χ0v) is 27.9. The molecule has 4 atom stereocenters. The van der Waals surface area contributed by atoms with Gasteiger partial charge in [-0.1, -0.05) is 47.7 Å². The van der Waals surface area contributed by atoms with Gasteiger partial charge in [0.15, 0.2) is 0 Å². The number of benzene rings is 2. The number of aryl methyl sites for hydroxylation is 1. The number of nitrogens with zero attached hydrogens (tertiary/aromatic N) is 4. The number of carbonyl (C=O) groups is 6. The number of rotatable bonds is 5. The summed E-state index contributed by atoms with van der Waals surface area (Å²) in [7, 11) is 0. The maximum absolute atomic E-state index is 14.1. The maximum atomic E-state index is 14.1. The molecule has 16 heteroatoms. The van der Waals surface area contributed by atoms with E-state index in [-0.39, 0.29) is 38.5 Å². The van der Waals surface area contributed by atoms with Crippen LogP contribution in [0.3, 0.4) is 0 Å². The van der Waals surface area contributed by atoms with E-state index in [0.717, 1.165) is 16.3 Å². The Morgan fingerprint density at radius 2 is 1.82 bits per heavy atom. The quantitative estimate of drug-likeness (QED) is 0.232. The van der Waals surface area contributed by atoms with Crippen molar-refractivity contribution in [3.05, 3.63) is 59.9 Å². The second-order valence-electron chi connectivity index (χ2n) is 12.5. The zero-order valence-electron chi connectivity index (χ0n) is 27.9. The third-order valence-electron chi connectivity index (χ3n) is 8.92. The lowest BCUT2D eigenvalue weighted by molar-refractivity contribution is -0.140. The van der Waals surface area contributed by atoms with Gasteiger partial charge in [-0.15, -0.1) is 5.10 Å². The highest BCUT2D eigenvalue weighted by molar-refractivity contribution is 5.96. The highest BCUT2D eigenvalue weighted by Gasteiger charge is 2.37. The smallest absolute Gasteiger partial charge is 0.245 e. The molecule has 6 N–H and O–H groups in total. The highest BCUT2D eigenvalue weighted by Crippen LogP contribution is 2.22. The molecule has 3 heterocycles. The van der Waals surface area contributed by atoms with Crippen molar-refractivity contribution < 1.29 is 33.5 Å². The molecular formula is C34H43N9O7. The van der Waals surface area contributed by atoms with Crippen molar-refractivity contribution in [2.75, 3.05) is 19.7 Å². The zero-order chi connectivity index (χ0) is 35.6. The lowest BCUT2D eigenvalue weighted by Gasteiger charge is -2.28. The van der Waals surface area contributed by atoms with E-state index in [1.54, 1.807) is 4.68 Å². The van der Waals surface area contributed by atoms with Crippen molar-refractivity contribution in [2.45, 2.75) is 82.8 Å². The van der Waals surface area contributed by atoms with E-state index >= 15 is 0 Å². The molecule has 1 fully saturated rings. The van der Waals surface area contributed by atoms with Gasteiger partial charge in [-0.3, -0.25) is 28.8 Å². The number of hydrogen-bond donors (Lipinski definition) is 5. The maximum Gasteiger partial charge on any atom is 0.245 e. The second-order valence-corrected chi connectivity index (χ2v) is 12.5. The third-order valence-corrected chi connectivity index (χ3v) is 8.92. The van der Waals surface area contributed by atoms with Gasteiger partial charge in [-0.2, -0.15) is 0 Å². The molecular weight excluding hydrogens is 646 g/mol. The van der Waals surface area contributed by atoms with Crippen LogP contribution in [0.2, 0.25) is 0 Å². The number of carbonyl (C=O) groups excluding carboxylic acids is 6. The Kier molecular flexibility index (Phi) is 12.1. The summed E-state index contributed by atoms with van der Waals surface area (Å²) in [6.07, 6.45) is 3.84. The molecule has 16 nitrogen and oxygen atoms in total. The van der Waals surface area contributed by atoms with Crippen molar-refractivity contribution >= 4 is 46.2 Å². The van der Waals surface area contributed by atoms with Crippen LogP contribution in [0.5, 0.6) is 0 Å². The molecule has 0 bridgehead atoms. The van der Waals surface area contributed by atoms with Crippen LogP contribution in [-0.4, -0.2) is 99.2 Å². The van der Waals surface area contributed by atoms with Gasteiger partial charge in [-0.05, 0) is 48.9 Å². The van der Waals surface area contributed by atoms with E-state index in [1.165, 1.54) is 18.0 Å². The molecule has 1 saturated heterocycles. The van der Waals surface area contributed by atoms with Crippen LogP contribution in [-0.2, 0) is 53.1 Å². The minimum absolute atomic E-state index is 0.00565. The molecule has 2 aliphatic heterocycles. The molecule has 0 saturated carbocycles. The molecule has 0 radical (unpaired) electrons. The van der Waals surface area contributed by atoms with Crippen LogP contribution in [0.4, 0.5) is 0 Å². The molecule has 0 aliphatic carbocycles. The Morgan fingerprint density at radius 1 is 1.02 bits per heavy atom. The fourth-order valence-electron chi connectivity index (χ4n) is 6.12. The molecule has 3 aromatic rings. The van der Waals surface area contributed by atoms with E-state index in [9.17, 15) is 28.8 Å². The first-order valence-electron chi connectivity index (χ1n) is 16.8. The summed E-state index contributed by atoms with van der Waals surface area (Å²) in [4.78, 5) is 80.2. The van der Waals surface area contributed by atoms with Crippen LogP contribution in [0.15, 0.2) is 48.7 Å². The Morgan fingerprint density at radius 3 is 2.64 bits per heavy atom. The number of amides is 6. The number of nitrogens with two attached hydrogens (primary N) is 1. The number of aromatic nitrogens is 3. The van der Waals surface area contributed by atoms with Gasteiger partial charge in [0.2, 0.25) is 35.4 Å². The number of primary amides is 1. The van der Waals surface area contributed by atoms with Crippen LogP contribution in [0, 0.1) is 0 Å². The average Bonchev–Trinajstić information content (AvgIpc) is 3.78. The summed E-state index contributed by atoms with van der Waals surface area (Å²) in [6, 6.07) is 8.93. The van der Waals surface area contributed by atoms with E-state index in [2.05, 4.69) is 31.6 Å². The first-order chi connectivity index (χ1) is 24.1. The topological polar surface area (TPSA) is 220 Å². The summed E-state index contributed by atoms with van der Waals surface area (Å²) in [5.74, 6) is -3.38. The molecule has 1 aromatic heterocycles. The fourth-order valence-corrected chi connectivity index (χ4v) is 6.12. The summed E-state index contributed by atoms with van der Waals surface area (Å²) in [5, 5.41) is 20.6. The van der Waals surface area contributed by atoms with Crippen molar-refractivity contribution in [1.29, 1.82) is 0 Å². The van der Waals surface area contributed by atoms with E-state index in [0.29, 0.717) is 44.5 Å². The average molecular weight is 690 g/mol. The molecule has 0 unspecified atom stereocenters. The van der Waals surface area contributed by atoms with Gasteiger partial charge in [0.05, 0.1) is 31.6 Å². The Bertz CT molecular complexity index is 1720. The van der Waals surface area contributed by atoms with Crippen LogP contribution in [0.25, 0.3) is 10.8 Å². The summed E-state index contributed by atoms with van der Waals surface area (Å²) < 4.78 is 7.49. The highest BCUT2D eigenvalue weighted by atomic mass is 16.5. The predicted octanol–water partition coefficient (Wildman–Crippen LogP) is -0.559. The minimum Gasteiger partial charge on any atom is -0.372 e. The molecule has 266 valence electrons. The Balaban J connectivity index is 1.45. The number of ether oxygens (including phenoxy) is 1. The van der Waals surface area contributed by atoms with Gasteiger partial charge in [-0.25, -0.2) is 4.68 Å². The van der Waals surface area contributed by atoms with E-state index in [1.807, 2.05) is 42.5 Å². The third kappa shape index (κ3) is 9.19. The minimum atomic E-state index is -1.28. The van der Waals surface area contributed by atoms with Crippen LogP contribution < -0.4 is 27.0 Å². The molecule has 6 amide bonds. The lowest BCUT2D eigenvalue weighted by atomic mass is 9.98. The van der Waals surface area contributed by atoms with Gasteiger partial charge in [0.25, 0.3) is 0 Å². The molecule has 50 heavy (non-hydrogen) atoms. The second kappa shape index (κ2) is 16.8. The van der Waals surface area contributed by atoms with Gasteiger partial charge in [0.1, 0.15) is 24.2 Å². The van der Waals surface area contributed by atoms with Crippen molar-refractivity contribution in [3.8, 4) is 0 Å². The van der Waals surface area contributed by atoms with Gasteiger partial charge in [0, 0.05) is 25.9 Å². The van der Waals surface area contributed by atoms with Crippen LogP contribution >= 0.6 is 0 Å². The normalized spacial score (nSPS) is 22.3. The standard InChI is InChI=1S/C34H43N9O7/c1-21(31(35)46)38-33(48)27-20-50-19-24-17-37-41-43(24)15-5-4-13-29(44)36-18-30(45)42-14-7-12-28(42)34(49)39-26(32(47)40-27)16-23-10-6-9-22-8-2-3-11-25(22)23/h2-3,6,8-11,17,21,26-28H,4-5,7,12-16,18-20H2,1H3,(H2,35,46)(H,36,44)(H,38,48)(H,39,49)(H,40,47)/t21-,26-,27-,28-/m0/s1. The van der Waals surface area contributed by atoms with Crippen molar-refractivity contribution in [1.82, 2.24) is 41.2 Å². The molecule has 2 aliphatic rings. The Labute approximate surface area is 288 Å². The molecule has 0 spiro atoms. The summed E-state index contributed by atoms with van der Waals surface area (Å²) >= 11 is 0. The summed E-state index contributed by atoms with van der Waals surface area (Å²) in [5.41, 5.74) is 6.75. The van der Waals surface area contributed by atoms with Crippen molar-refractivity contribution in [2.24, 2.45) is 5.73 Å². The largest absolute Gasteiger partial charge is 0.372 e. The first-order valence-corrected chi connectivity index (χ1v) is 16.8. The monoisotopic (exact) mass is 689 g/mol. The molecule has 2 aromatic carbocycles. The summed E-state index contributed by atoms with van der Waals surface area (Å²) in [6.45, 7) is 1.63. The Hall–Kier alpha value is -5.38.